The van der Waals surface area contributed by atoms with Crippen LogP contribution in [0.3, 0.4) is 0 Å². The Morgan fingerprint density at radius 1 is 1.50 bits per heavy atom. The van der Waals surface area contributed by atoms with Crippen molar-refractivity contribution >= 4 is 11.9 Å². The number of carbonyl (C=O) groups is 2. The molecule has 16 heavy (non-hydrogen) atoms. The van der Waals surface area contributed by atoms with Crippen LogP contribution in [0.2, 0.25) is 0 Å². The zero-order chi connectivity index (χ0) is 12.1. The fraction of sp³-hybridized carbons (Fsp3) is 0.818. The molecule has 1 rings (SSSR count). The van der Waals surface area contributed by atoms with Crippen molar-refractivity contribution in [1.29, 1.82) is 0 Å². The Morgan fingerprint density at radius 3 is 2.50 bits per heavy atom. The van der Waals surface area contributed by atoms with Gasteiger partial charge in [0.1, 0.15) is 0 Å². The zero-order valence-corrected chi connectivity index (χ0v) is 9.94. The van der Waals surface area contributed by atoms with Gasteiger partial charge in [0.2, 0.25) is 0 Å². The standard InChI is InChI=1S/C11H20N2O3/c1-3-16-11(15)10(14)13(8(2)7-12)9-5-4-6-9/h8-9H,3-7,12H2,1-2H3. The van der Waals surface area contributed by atoms with Crippen LogP contribution in [-0.2, 0) is 14.3 Å². The smallest absolute Gasteiger partial charge is 0.397 e. The number of carbonyl (C=O) groups excluding carboxylic acids is 2. The maximum absolute atomic E-state index is 11.9. The van der Waals surface area contributed by atoms with Crippen LogP contribution in [0.15, 0.2) is 0 Å². The molecule has 1 saturated carbocycles. The van der Waals surface area contributed by atoms with E-state index in [-0.39, 0.29) is 18.7 Å². The maximum atomic E-state index is 11.9. The van der Waals surface area contributed by atoms with Crippen molar-refractivity contribution in [3.05, 3.63) is 0 Å². The fourth-order valence-electron chi connectivity index (χ4n) is 1.80. The largest absolute Gasteiger partial charge is 0.459 e. The summed E-state index contributed by atoms with van der Waals surface area (Å²) in [6, 6.07) is 0.0534. The van der Waals surface area contributed by atoms with Gasteiger partial charge in [-0.2, -0.15) is 0 Å². The predicted octanol–water partition coefficient (Wildman–Crippen LogP) is 0.278. The maximum Gasteiger partial charge on any atom is 0.397 e. The number of esters is 1. The van der Waals surface area contributed by atoms with E-state index in [9.17, 15) is 9.59 Å². The minimum atomic E-state index is -0.769. The molecule has 0 radical (unpaired) electrons. The van der Waals surface area contributed by atoms with Crippen LogP contribution >= 0.6 is 0 Å². The molecule has 0 aromatic carbocycles. The van der Waals surface area contributed by atoms with E-state index in [0.29, 0.717) is 6.54 Å². The van der Waals surface area contributed by atoms with E-state index in [1.54, 1.807) is 11.8 Å². The van der Waals surface area contributed by atoms with Crippen molar-refractivity contribution in [3.8, 4) is 0 Å². The normalized spacial score (nSPS) is 17.4. The van der Waals surface area contributed by atoms with Gasteiger partial charge in [-0.1, -0.05) is 0 Å². The first-order valence-corrected chi connectivity index (χ1v) is 5.81. The van der Waals surface area contributed by atoms with E-state index in [4.69, 9.17) is 10.5 Å². The van der Waals surface area contributed by atoms with Gasteiger partial charge in [-0.25, -0.2) is 4.79 Å². The molecule has 0 aromatic heterocycles. The Kier molecular flexibility index (Phi) is 4.73. The topological polar surface area (TPSA) is 72.6 Å². The van der Waals surface area contributed by atoms with Gasteiger partial charge >= 0.3 is 11.9 Å². The summed E-state index contributed by atoms with van der Waals surface area (Å²) in [5.74, 6) is -1.32. The molecule has 1 atom stereocenters. The van der Waals surface area contributed by atoms with Gasteiger partial charge in [-0.05, 0) is 33.1 Å². The van der Waals surface area contributed by atoms with E-state index >= 15 is 0 Å². The second-order valence-electron chi connectivity index (χ2n) is 4.10. The van der Waals surface area contributed by atoms with E-state index in [1.165, 1.54) is 0 Å². The second kappa shape index (κ2) is 5.84. The lowest BCUT2D eigenvalue weighted by atomic mass is 9.90. The molecule has 92 valence electrons. The van der Waals surface area contributed by atoms with Crippen LogP contribution in [0, 0.1) is 0 Å². The molecule has 0 saturated heterocycles. The first-order chi connectivity index (χ1) is 7.61. The summed E-state index contributed by atoms with van der Waals surface area (Å²) in [6.45, 7) is 4.13. The summed E-state index contributed by atoms with van der Waals surface area (Å²) in [5, 5.41) is 0. The molecule has 1 aliphatic carbocycles. The SMILES string of the molecule is CCOC(=O)C(=O)N(C(C)CN)C1CCC1. The Morgan fingerprint density at radius 2 is 2.12 bits per heavy atom. The summed E-state index contributed by atoms with van der Waals surface area (Å²) in [4.78, 5) is 24.8. The lowest BCUT2D eigenvalue weighted by molar-refractivity contribution is -0.163. The molecule has 1 fully saturated rings. The monoisotopic (exact) mass is 228 g/mol. The zero-order valence-electron chi connectivity index (χ0n) is 9.94. The average molecular weight is 228 g/mol. The highest BCUT2D eigenvalue weighted by Gasteiger charge is 2.35. The molecule has 1 unspecified atom stereocenters. The van der Waals surface area contributed by atoms with Gasteiger partial charge in [0.15, 0.2) is 0 Å². The molecule has 1 amide bonds. The summed E-state index contributed by atoms with van der Waals surface area (Å²) in [7, 11) is 0. The molecule has 0 bridgehead atoms. The third kappa shape index (κ3) is 2.72. The highest BCUT2D eigenvalue weighted by Crippen LogP contribution is 2.26. The Bertz CT molecular complexity index is 259. The highest BCUT2D eigenvalue weighted by molar-refractivity contribution is 6.32. The minimum absolute atomic E-state index is 0.109. The number of nitrogens with two attached hydrogens (primary N) is 1. The molecule has 2 N–H and O–H groups in total. The number of amides is 1. The Hall–Kier alpha value is -1.10. The number of nitrogens with zero attached hydrogens (tertiary/aromatic N) is 1. The summed E-state index contributed by atoms with van der Waals surface area (Å²) in [5.41, 5.74) is 5.56. The van der Waals surface area contributed by atoms with Crippen molar-refractivity contribution in [2.24, 2.45) is 5.73 Å². The molecular formula is C11H20N2O3. The van der Waals surface area contributed by atoms with Gasteiger partial charge in [0.25, 0.3) is 0 Å². The first-order valence-electron chi connectivity index (χ1n) is 5.81. The molecule has 5 heteroatoms. The molecule has 0 aromatic rings. The van der Waals surface area contributed by atoms with Crippen molar-refractivity contribution in [1.82, 2.24) is 4.90 Å². The van der Waals surface area contributed by atoms with E-state index in [0.717, 1.165) is 19.3 Å². The number of ether oxygens (including phenoxy) is 1. The summed E-state index contributed by atoms with van der Waals surface area (Å²) in [6.07, 6.45) is 3.01. The first kappa shape index (κ1) is 13.0. The van der Waals surface area contributed by atoms with Crippen molar-refractivity contribution < 1.29 is 14.3 Å². The highest BCUT2D eigenvalue weighted by atomic mass is 16.5. The van der Waals surface area contributed by atoms with Crippen LogP contribution in [0.1, 0.15) is 33.1 Å². The van der Waals surface area contributed by atoms with Gasteiger partial charge < -0.3 is 15.4 Å². The van der Waals surface area contributed by atoms with Crippen molar-refractivity contribution in [3.63, 3.8) is 0 Å². The third-order valence-corrected chi connectivity index (χ3v) is 2.97. The summed E-state index contributed by atoms with van der Waals surface area (Å²) >= 11 is 0. The minimum Gasteiger partial charge on any atom is -0.459 e. The average Bonchev–Trinajstić information content (AvgIpc) is 2.21. The molecule has 0 heterocycles. The van der Waals surface area contributed by atoms with Crippen LogP contribution in [0.25, 0.3) is 0 Å². The van der Waals surface area contributed by atoms with Crippen LogP contribution < -0.4 is 5.73 Å². The van der Waals surface area contributed by atoms with Gasteiger partial charge in [0.05, 0.1) is 6.61 Å². The number of rotatable bonds is 4. The molecular weight excluding hydrogens is 208 g/mol. The quantitative estimate of drug-likeness (QED) is 0.554. The Balaban J connectivity index is 2.67. The fourth-order valence-corrected chi connectivity index (χ4v) is 1.80. The second-order valence-corrected chi connectivity index (χ2v) is 4.10. The number of hydrogen-bond acceptors (Lipinski definition) is 4. The van der Waals surface area contributed by atoms with Crippen LogP contribution in [0.4, 0.5) is 0 Å². The molecule has 5 nitrogen and oxygen atoms in total. The van der Waals surface area contributed by atoms with Gasteiger partial charge in [0, 0.05) is 18.6 Å². The summed E-state index contributed by atoms with van der Waals surface area (Å²) < 4.78 is 4.73. The van der Waals surface area contributed by atoms with Gasteiger partial charge in [-0.3, -0.25) is 4.79 Å². The lowest BCUT2D eigenvalue weighted by Crippen LogP contribution is -2.54. The number of hydrogen-bond donors (Lipinski definition) is 1. The Labute approximate surface area is 95.9 Å². The molecule has 0 spiro atoms. The van der Waals surface area contributed by atoms with Gasteiger partial charge in [-0.15, -0.1) is 0 Å². The molecule has 1 aliphatic rings. The molecule has 0 aliphatic heterocycles. The van der Waals surface area contributed by atoms with E-state index in [2.05, 4.69) is 0 Å². The van der Waals surface area contributed by atoms with E-state index in [1.807, 2.05) is 6.92 Å². The van der Waals surface area contributed by atoms with Crippen LogP contribution in [0.5, 0.6) is 0 Å². The van der Waals surface area contributed by atoms with Crippen molar-refractivity contribution in [2.45, 2.75) is 45.2 Å². The third-order valence-electron chi connectivity index (χ3n) is 2.97. The predicted molar refractivity (Wildman–Crippen MR) is 59.6 cm³/mol. The van der Waals surface area contributed by atoms with E-state index < -0.39 is 11.9 Å². The van der Waals surface area contributed by atoms with Crippen LogP contribution in [-0.4, -0.2) is 42.0 Å². The lowest BCUT2D eigenvalue weighted by Gasteiger charge is -2.40. The van der Waals surface area contributed by atoms with Crippen molar-refractivity contribution in [2.75, 3.05) is 13.2 Å².